The number of benzene rings is 1. The smallest absolute Gasteiger partial charge is 0.267 e. The molecule has 0 aliphatic rings. The minimum atomic E-state index is -0.854. The molecule has 13 heteroatoms. The van der Waals surface area contributed by atoms with Crippen molar-refractivity contribution >= 4 is 63.1 Å². The standard InChI is InChI=1S/C19H18ClN7O4S/c1-9-4-3-5-11(20)17(9)26-18(30)12-8-21-19(32-12)25-14-6-13(22-10(2)23-14)24-15(28)7-16(29)27-31/h3-6,8,31H,7H2,1-2H3,(H,26,30)(H,27,29)(H2,21,22,23,24,25,28). The molecule has 2 aromatic heterocycles. The molecule has 5 N–H and O–H groups in total. The number of carbonyl (C=O) groups is 3. The van der Waals surface area contributed by atoms with Crippen LogP contribution in [-0.4, -0.2) is 37.9 Å². The summed E-state index contributed by atoms with van der Waals surface area (Å²) in [6.45, 7) is 3.46. The van der Waals surface area contributed by atoms with E-state index in [2.05, 4.69) is 30.9 Å². The molecule has 0 fully saturated rings. The van der Waals surface area contributed by atoms with Gasteiger partial charge in [-0.05, 0) is 25.5 Å². The maximum atomic E-state index is 12.6. The third-order valence-electron chi connectivity index (χ3n) is 3.98. The minimum Gasteiger partial charge on any atom is -0.320 e. The first-order valence-corrected chi connectivity index (χ1v) is 10.3. The third-order valence-corrected chi connectivity index (χ3v) is 5.20. The van der Waals surface area contributed by atoms with Crippen LogP contribution in [0.2, 0.25) is 5.02 Å². The van der Waals surface area contributed by atoms with Crippen molar-refractivity contribution in [2.24, 2.45) is 0 Å². The van der Waals surface area contributed by atoms with Crippen LogP contribution in [0.3, 0.4) is 0 Å². The molecule has 0 aliphatic heterocycles. The number of aromatic nitrogens is 3. The Balaban J connectivity index is 1.69. The van der Waals surface area contributed by atoms with E-state index in [0.29, 0.717) is 32.4 Å². The first-order valence-electron chi connectivity index (χ1n) is 9.13. The highest BCUT2D eigenvalue weighted by Crippen LogP contribution is 2.28. The molecule has 166 valence electrons. The van der Waals surface area contributed by atoms with Crippen molar-refractivity contribution in [3.05, 3.63) is 51.7 Å². The number of hydroxylamine groups is 1. The Kier molecular flexibility index (Phi) is 7.30. The lowest BCUT2D eigenvalue weighted by Gasteiger charge is -2.09. The van der Waals surface area contributed by atoms with Crippen LogP contribution in [0.5, 0.6) is 0 Å². The average Bonchev–Trinajstić information content (AvgIpc) is 3.18. The first kappa shape index (κ1) is 23.1. The summed E-state index contributed by atoms with van der Waals surface area (Å²) in [5.74, 6) is -1.06. The van der Waals surface area contributed by atoms with Gasteiger partial charge in [-0.2, -0.15) is 0 Å². The molecule has 3 rings (SSSR count). The number of hydrogen-bond acceptors (Lipinski definition) is 9. The fourth-order valence-electron chi connectivity index (χ4n) is 2.58. The van der Waals surface area contributed by atoms with Gasteiger partial charge in [0.1, 0.15) is 28.8 Å². The SMILES string of the molecule is Cc1nc(NC(=O)CC(=O)NO)cc(Nc2ncc(C(=O)Nc3c(C)cccc3Cl)s2)n1. The van der Waals surface area contributed by atoms with Crippen molar-refractivity contribution in [1.29, 1.82) is 0 Å². The Morgan fingerprint density at radius 1 is 1.09 bits per heavy atom. The van der Waals surface area contributed by atoms with Crippen LogP contribution in [0.15, 0.2) is 30.5 Å². The lowest BCUT2D eigenvalue weighted by molar-refractivity contribution is -0.132. The molecule has 0 unspecified atom stereocenters. The van der Waals surface area contributed by atoms with Crippen molar-refractivity contribution in [2.45, 2.75) is 20.3 Å². The van der Waals surface area contributed by atoms with Gasteiger partial charge >= 0.3 is 0 Å². The maximum Gasteiger partial charge on any atom is 0.267 e. The topological polar surface area (TPSA) is 158 Å². The van der Waals surface area contributed by atoms with Gasteiger partial charge in [-0.3, -0.25) is 19.6 Å². The predicted octanol–water partition coefficient (Wildman–Crippen LogP) is 3.03. The number of anilines is 4. The molecule has 3 amide bonds. The number of amides is 3. The molecular formula is C19H18ClN7O4S. The molecule has 0 spiro atoms. The Morgan fingerprint density at radius 3 is 2.56 bits per heavy atom. The normalized spacial score (nSPS) is 10.4. The second-order valence-electron chi connectivity index (χ2n) is 6.49. The number of nitrogens with zero attached hydrogens (tertiary/aromatic N) is 3. The number of halogens is 1. The van der Waals surface area contributed by atoms with Crippen LogP contribution in [0.1, 0.15) is 27.5 Å². The molecule has 11 nitrogen and oxygen atoms in total. The van der Waals surface area contributed by atoms with Gasteiger partial charge in [0.25, 0.3) is 11.8 Å². The van der Waals surface area contributed by atoms with Crippen molar-refractivity contribution < 1.29 is 19.6 Å². The van der Waals surface area contributed by atoms with Crippen molar-refractivity contribution in [3.8, 4) is 0 Å². The maximum absolute atomic E-state index is 12.6. The largest absolute Gasteiger partial charge is 0.320 e. The zero-order chi connectivity index (χ0) is 23.3. The van der Waals surface area contributed by atoms with Gasteiger partial charge in [0.15, 0.2) is 5.13 Å². The van der Waals surface area contributed by atoms with E-state index in [0.717, 1.165) is 16.9 Å². The van der Waals surface area contributed by atoms with E-state index < -0.39 is 18.2 Å². The summed E-state index contributed by atoms with van der Waals surface area (Å²) in [4.78, 5) is 48.3. The molecule has 0 saturated carbocycles. The molecule has 0 saturated heterocycles. The van der Waals surface area contributed by atoms with Crippen LogP contribution in [0.25, 0.3) is 0 Å². The van der Waals surface area contributed by atoms with Gasteiger partial charge in [0, 0.05) is 6.07 Å². The van der Waals surface area contributed by atoms with Gasteiger partial charge in [-0.1, -0.05) is 35.1 Å². The molecule has 32 heavy (non-hydrogen) atoms. The summed E-state index contributed by atoms with van der Waals surface area (Å²) >= 11 is 7.26. The summed E-state index contributed by atoms with van der Waals surface area (Å²) in [6, 6.07) is 6.76. The van der Waals surface area contributed by atoms with Crippen molar-refractivity contribution in [2.75, 3.05) is 16.0 Å². The number of rotatable bonds is 7. The Bertz CT molecular complexity index is 1160. The van der Waals surface area contributed by atoms with E-state index in [9.17, 15) is 14.4 Å². The van der Waals surface area contributed by atoms with Crippen LogP contribution >= 0.6 is 22.9 Å². The van der Waals surface area contributed by atoms with Crippen LogP contribution in [0.4, 0.5) is 22.5 Å². The molecule has 0 aliphatic carbocycles. The van der Waals surface area contributed by atoms with E-state index in [1.807, 2.05) is 13.0 Å². The van der Waals surface area contributed by atoms with E-state index in [4.69, 9.17) is 16.8 Å². The first-order chi connectivity index (χ1) is 15.2. The minimum absolute atomic E-state index is 0.152. The van der Waals surface area contributed by atoms with E-state index >= 15 is 0 Å². The van der Waals surface area contributed by atoms with Gasteiger partial charge in [0.2, 0.25) is 5.91 Å². The highest BCUT2D eigenvalue weighted by atomic mass is 35.5. The summed E-state index contributed by atoms with van der Waals surface area (Å²) in [6.07, 6.45) is 0.844. The molecule has 3 aromatic rings. The summed E-state index contributed by atoms with van der Waals surface area (Å²) in [5, 5.41) is 17.5. The number of carbonyl (C=O) groups excluding carboxylic acids is 3. The van der Waals surface area contributed by atoms with Gasteiger partial charge < -0.3 is 16.0 Å². The molecule has 1 aromatic carbocycles. The zero-order valence-electron chi connectivity index (χ0n) is 16.9. The monoisotopic (exact) mass is 475 g/mol. The second-order valence-corrected chi connectivity index (χ2v) is 7.92. The predicted molar refractivity (Wildman–Crippen MR) is 119 cm³/mol. The second kappa shape index (κ2) is 10.1. The molecular weight excluding hydrogens is 458 g/mol. The van der Waals surface area contributed by atoms with E-state index in [1.165, 1.54) is 17.7 Å². The Labute approximate surface area is 191 Å². The molecule has 0 radical (unpaired) electrons. The molecule has 2 heterocycles. The summed E-state index contributed by atoms with van der Waals surface area (Å²) < 4.78 is 0. The number of aryl methyl sites for hydroxylation is 2. The van der Waals surface area contributed by atoms with Crippen LogP contribution < -0.4 is 21.4 Å². The summed E-state index contributed by atoms with van der Waals surface area (Å²) in [7, 11) is 0. The number of thiazole rings is 1. The van der Waals surface area contributed by atoms with Crippen molar-refractivity contribution in [3.63, 3.8) is 0 Å². The number of hydrogen-bond donors (Lipinski definition) is 5. The zero-order valence-corrected chi connectivity index (χ0v) is 18.5. The third kappa shape index (κ3) is 5.97. The Hall–Kier alpha value is -3.61. The molecule has 0 atom stereocenters. The fraction of sp³-hybridized carbons (Fsp3) is 0.158. The number of para-hydroxylation sites is 1. The average molecular weight is 476 g/mol. The summed E-state index contributed by atoms with van der Waals surface area (Å²) in [5.41, 5.74) is 2.74. The fourth-order valence-corrected chi connectivity index (χ4v) is 3.57. The van der Waals surface area contributed by atoms with E-state index in [-0.39, 0.29) is 11.7 Å². The highest BCUT2D eigenvalue weighted by Gasteiger charge is 2.15. The van der Waals surface area contributed by atoms with Gasteiger partial charge in [-0.25, -0.2) is 20.4 Å². The van der Waals surface area contributed by atoms with Crippen LogP contribution in [0, 0.1) is 13.8 Å². The Morgan fingerprint density at radius 2 is 1.84 bits per heavy atom. The van der Waals surface area contributed by atoms with Gasteiger partial charge in [-0.15, -0.1) is 0 Å². The quantitative estimate of drug-likeness (QED) is 0.198. The lowest BCUT2D eigenvalue weighted by Crippen LogP contribution is -2.25. The van der Waals surface area contributed by atoms with E-state index in [1.54, 1.807) is 19.1 Å². The van der Waals surface area contributed by atoms with Crippen LogP contribution in [-0.2, 0) is 9.59 Å². The van der Waals surface area contributed by atoms with Gasteiger partial charge in [0.05, 0.1) is 16.9 Å². The van der Waals surface area contributed by atoms with Crippen molar-refractivity contribution in [1.82, 2.24) is 20.4 Å². The highest BCUT2D eigenvalue weighted by molar-refractivity contribution is 7.17. The number of nitrogens with one attached hydrogen (secondary N) is 4. The lowest BCUT2D eigenvalue weighted by atomic mass is 10.2. The molecule has 0 bridgehead atoms.